The first-order valence-corrected chi connectivity index (χ1v) is 11.5. The fraction of sp³-hybridized carbons (Fsp3) is 0.909. The molecule has 3 N–H and O–H groups in total. The van der Waals surface area contributed by atoms with E-state index in [1.807, 2.05) is 7.05 Å². The van der Waals surface area contributed by atoms with Crippen LogP contribution in [0.2, 0.25) is 0 Å². The predicted octanol–water partition coefficient (Wildman–Crippen LogP) is 3.07. The molecule has 6 nitrogen and oxygen atoms in total. The third kappa shape index (κ3) is 18.2. The van der Waals surface area contributed by atoms with Crippen LogP contribution >= 0.6 is 0 Å². The second-order valence-electron chi connectivity index (χ2n) is 7.65. The quantitative estimate of drug-likeness (QED) is 0.276. The summed E-state index contributed by atoms with van der Waals surface area (Å²) in [5, 5.41) is 8.80. The maximum atomic E-state index is 12.0. The largest absolute Gasteiger partial charge is 0.359 e. The second kappa shape index (κ2) is 20.6. The van der Waals surface area contributed by atoms with Gasteiger partial charge in [-0.1, -0.05) is 64.7 Å². The maximum Gasteiger partial charge on any atom is 0.221 e. The van der Waals surface area contributed by atoms with Gasteiger partial charge in [0.2, 0.25) is 11.8 Å². The number of amides is 2. The number of rotatable bonds is 20. The lowest BCUT2D eigenvalue weighted by molar-refractivity contribution is -0.121. The fourth-order valence-corrected chi connectivity index (χ4v) is 3.18. The Morgan fingerprint density at radius 1 is 0.679 bits per heavy atom. The Labute approximate surface area is 173 Å². The summed E-state index contributed by atoms with van der Waals surface area (Å²) in [7, 11) is 3.57. The van der Waals surface area contributed by atoms with Gasteiger partial charge in [0, 0.05) is 52.6 Å². The maximum absolute atomic E-state index is 12.0. The van der Waals surface area contributed by atoms with Gasteiger partial charge in [0.05, 0.1) is 0 Å². The molecular weight excluding hydrogens is 352 g/mol. The average Bonchev–Trinajstić information content (AvgIpc) is 2.71. The Balaban J connectivity index is 3.65. The Morgan fingerprint density at radius 3 is 1.75 bits per heavy atom. The van der Waals surface area contributed by atoms with E-state index < -0.39 is 0 Å². The van der Waals surface area contributed by atoms with Crippen LogP contribution in [-0.2, 0) is 9.59 Å². The van der Waals surface area contributed by atoms with Crippen molar-refractivity contribution in [1.29, 1.82) is 0 Å². The number of nitrogens with one attached hydrogen (secondary N) is 3. The number of carbonyl (C=O) groups is 2. The third-order valence-electron chi connectivity index (χ3n) is 5.12. The van der Waals surface area contributed by atoms with Crippen LogP contribution < -0.4 is 16.0 Å². The number of likely N-dealkylation sites (N-methyl/N-ethyl adjacent to an activating group) is 1. The molecule has 0 aromatic rings. The minimum atomic E-state index is 0.0415. The van der Waals surface area contributed by atoms with Crippen LogP contribution in [0.1, 0.15) is 84.0 Å². The van der Waals surface area contributed by atoms with Crippen LogP contribution in [-0.4, -0.2) is 63.5 Å². The molecule has 0 atom stereocenters. The third-order valence-corrected chi connectivity index (χ3v) is 5.12. The molecule has 0 bridgehead atoms. The first-order valence-electron chi connectivity index (χ1n) is 11.5. The Morgan fingerprint density at radius 2 is 1.21 bits per heavy atom. The highest BCUT2D eigenvalue weighted by Crippen LogP contribution is 2.10. The zero-order valence-electron chi connectivity index (χ0n) is 18.8. The smallest absolute Gasteiger partial charge is 0.221 e. The van der Waals surface area contributed by atoms with Gasteiger partial charge in [0.25, 0.3) is 0 Å². The predicted molar refractivity (Wildman–Crippen MR) is 119 cm³/mol. The van der Waals surface area contributed by atoms with Crippen LogP contribution in [0.25, 0.3) is 0 Å². The summed E-state index contributed by atoms with van der Waals surface area (Å²) >= 11 is 0. The lowest BCUT2D eigenvalue weighted by Gasteiger charge is -2.21. The zero-order chi connectivity index (χ0) is 20.9. The monoisotopic (exact) mass is 398 g/mol. The highest BCUT2D eigenvalue weighted by molar-refractivity contribution is 5.76. The molecular formula is C22H46N4O2. The average molecular weight is 399 g/mol. The summed E-state index contributed by atoms with van der Waals surface area (Å²) in [5.74, 6) is 0.158. The standard InChI is InChI=1S/C22H46N4O2/c1-4-5-6-7-8-9-10-11-12-13-16-25-22(28)15-19-26(20-17-23-2)18-14-21(27)24-3/h23H,4-20H2,1-3H3,(H,24,27)(H,25,28). The topological polar surface area (TPSA) is 73.5 Å². The van der Waals surface area contributed by atoms with Gasteiger partial charge in [-0.25, -0.2) is 0 Å². The van der Waals surface area contributed by atoms with Crippen molar-refractivity contribution in [3.8, 4) is 0 Å². The number of nitrogens with zero attached hydrogens (tertiary/aromatic N) is 1. The molecule has 0 unspecified atom stereocenters. The molecule has 0 aromatic heterocycles. The van der Waals surface area contributed by atoms with E-state index >= 15 is 0 Å². The molecule has 0 fully saturated rings. The van der Waals surface area contributed by atoms with E-state index in [-0.39, 0.29) is 11.8 Å². The van der Waals surface area contributed by atoms with E-state index in [4.69, 9.17) is 0 Å². The lowest BCUT2D eigenvalue weighted by atomic mass is 10.1. The number of hydrogen-bond acceptors (Lipinski definition) is 4. The zero-order valence-corrected chi connectivity index (χ0v) is 18.8. The van der Waals surface area contributed by atoms with Crippen LogP contribution in [0.15, 0.2) is 0 Å². The van der Waals surface area contributed by atoms with Crippen molar-refractivity contribution in [1.82, 2.24) is 20.9 Å². The molecule has 0 radical (unpaired) electrons. The Hall–Kier alpha value is -1.14. The molecule has 0 heterocycles. The normalized spacial score (nSPS) is 11.0. The fourth-order valence-electron chi connectivity index (χ4n) is 3.18. The van der Waals surface area contributed by atoms with Crippen LogP contribution in [0, 0.1) is 0 Å². The summed E-state index contributed by atoms with van der Waals surface area (Å²) < 4.78 is 0. The van der Waals surface area contributed by atoms with E-state index in [0.717, 1.165) is 26.1 Å². The minimum Gasteiger partial charge on any atom is -0.359 e. The van der Waals surface area contributed by atoms with E-state index in [1.165, 1.54) is 57.8 Å². The molecule has 0 spiro atoms. The van der Waals surface area contributed by atoms with Crippen molar-refractivity contribution in [2.75, 3.05) is 46.8 Å². The van der Waals surface area contributed by atoms with Gasteiger partial charge in [-0.05, 0) is 13.5 Å². The lowest BCUT2D eigenvalue weighted by Crippen LogP contribution is -2.37. The van der Waals surface area contributed by atoms with Crippen LogP contribution in [0.3, 0.4) is 0 Å². The second-order valence-corrected chi connectivity index (χ2v) is 7.65. The highest BCUT2D eigenvalue weighted by atomic mass is 16.2. The molecule has 0 aliphatic rings. The van der Waals surface area contributed by atoms with E-state index in [0.29, 0.717) is 25.9 Å². The Kier molecular flexibility index (Phi) is 19.8. The summed E-state index contributed by atoms with van der Waals surface area (Å²) in [6, 6.07) is 0. The van der Waals surface area contributed by atoms with Crippen LogP contribution in [0.4, 0.5) is 0 Å². The molecule has 0 aliphatic heterocycles. The van der Waals surface area contributed by atoms with Crippen molar-refractivity contribution >= 4 is 11.8 Å². The Bertz CT molecular complexity index is 378. The van der Waals surface area contributed by atoms with Gasteiger partial charge in [-0.15, -0.1) is 0 Å². The molecule has 0 aromatic carbocycles. The van der Waals surface area contributed by atoms with Crippen molar-refractivity contribution in [2.24, 2.45) is 0 Å². The summed E-state index contributed by atoms with van der Waals surface area (Å²) in [4.78, 5) is 25.6. The van der Waals surface area contributed by atoms with Gasteiger partial charge < -0.3 is 20.9 Å². The molecule has 0 aliphatic carbocycles. The van der Waals surface area contributed by atoms with Crippen molar-refractivity contribution in [3.05, 3.63) is 0 Å². The molecule has 28 heavy (non-hydrogen) atoms. The SMILES string of the molecule is CCCCCCCCCCCCNC(=O)CCN(CCNC)CCC(=O)NC. The molecule has 0 saturated carbocycles. The highest BCUT2D eigenvalue weighted by Gasteiger charge is 2.09. The first kappa shape index (κ1) is 26.9. The minimum absolute atomic E-state index is 0.0415. The summed E-state index contributed by atoms with van der Waals surface area (Å²) in [5.41, 5.74) is 0. The van der Waals surface area contributed by atoms with Gasteiger partial charge >= 0.3 is 0 Å². The summed E-state index contributed by atoms with van der Waals surface area (Å²) in [6.45, 7) is 6.12. The number of unbranched alkanes of at least 4 members (excludes halogenated alkanes) is 9. The van der Waals surface area contributed by atoms with Crippen LogP contribution in [0.5, 0.6) is 0 Å². The van der Waals surface area contributed by atoms with E-state index in [2.05, 4.69) is 27.8 Å². The first-order chi connectivity index (χ1) is 13.6. The molecule has 0 rings (SSSR count). The van der Waals surface area contributed by atoms with Gasteiger partial charge in [0.15, 0.2) is 0 Å². The molecule has 166 valence electrons. The molecule has 2 amide bonds. The van der Waals surface area contributed by atoms with E-state index in [9.17, 15) is 9.59 Å². The molecule has 6 heteroatoms. The van der Waals surface area contributed by atoms with Crippen molar-refractivity contribution in [2.45, 2.75) is 84.0 Å². The van der Waals surface area contributed by atoms with Crippen molar-refractivity contribution < 1.29 is 9.59 Å². The van der Waals surface area contributed by atoms with Crippen molar-refractivity contribution in [3.63, 3.8) is 0 Å². The summed E-state index contributed by atoms with van der Waals surface area (Å²) in [6.07, 6.45) is 14.0. The number of hydrogen-bond donors (Lipinski definition) is 3. The van der Waals surface area contributed by atoms with E-state index in [1.54, 1.807) is 7.05 Å². The van der Waals surface area contributed by atoms with Gasteiger partial charge in [-0.3, -0.25) is 9.59 Å². The van der Waals surface area contributed by atoms with Gasteiger partial charge in [-0.2, -0.15) is 0 Å². The van der Waals surface area contributed by atoms with Gasteiger partial charge in [0.1, 0.15) is 0 Å². The molecule has 0 saturated heterocycles. The number of carbonyl (C=O) groups excluding carboxylic acids is 2.